The molecule has 3 aromatic rings. The van der Waals surface area contributed by atoms with Crippen molar-refractivity contribution in [3.8, 4) is 5.75 Å². The fraction of sp³-hybridized carbons (Fsp3) is 0.500. The lowest BCUT2D eigenvalue weighted by Crippen LogP contribution is -3.00. The number of halogens is 1. The highest BCUT2D eigenvalue weighted by Crippen LogP contribution is 2.21. The molecule has 0 aliphatic carbocycles. The number of aryl methyl sites for hydroxylation is 1. The molecule has 2 aromatic carbocycles. The van der Waals surface area contributed by atoms with E-state index in [1.54, 1.807) is 11.3 Å². The van der Waals surface area contributed by atoms with Crippen molar-refractivity contribution in [1.82, 2.24) is 0 Å². The number of carbonyl (C=O) groups excluding carboxylic acids is 1. The van der Waals surface area contributed by atoms with Crippen LogP contribution < -0.4 is 31.6 Å². The van der Waals surface area contributed by atoms with Crippen LogP contribution in [-0.4, -0.2) is 12.5 Å². The predicted molar refractivity (Wildman–Crippen MR) is 156 cm³/mol. The summed E-state index contributed by atoms with van der Waals surface area (Å²) in [4.78, 5) is 13.1. The molecule has 1 heterocycles. The molecule has 1 amide bonds. The quantitative estimate of drug-likeness (QED) is 0.150. The maximum absolute atomic E-state index is 13.1. The number of benzene rings is 2. The normalized spacial score (nSPS) is 10.7. The van der Waals surface area contributed by atoms with Gasteiger partial charge in [-0.25, -0.2) is 0 Å². The average Bonchev–Trinajstić information content (AvgIpc) is 3.31. The molecule has 0 saturated carbocycles. The van der Waals surface area contributed by atoms with Crippen LogP contribution in [0, 0.1) is 6.92 Å². The van der Waals surface area contributed by atoms with Crippen molar-refractivity contribution >= 4 is 22.9 Å². The molecule has 1 N–H and O–H groups in total. The van der Waals surface area contributed by atoms with Crippen LogP contribution in [0.4, 0.5) is 5.69 Å². The first-order valence-corrected chi connectivity index (χ1v) is 15.1. The molecule has 0 aliphatic heterocycles. The summed E-state index contributed by atoms with van der Waals surface area (Å²) in [5.74, 6) is 0.519. The second-order valence-corrected chi connectivity index (χ2v) is 11.0. The van der Waals surface area contributed by atoms with Gasteiger partial charge in [-0.1, -0.05) is 113 Å². The topological polar surface area (TPSA) is 42.2 Å². The summed E-state index contributed by atoms with van der Waals surface area (Å²) in [6, 6.07) is 15.6. The number of aromatic nitrogens is 1. The fourth-order valence-corrected chi connectivity index (χ4v) is 5.25. The molecule has 0 aliphatic rings. The van der Waals surface area contributed by atoms with Crippen LogP contribution in [0.5, 0.6) is 5.75 Å². The molecular formula is C32H45BrN2O2S. The smallest absolute Gasteiger partial charge is 0.259 e. The Balaban J connectivity index is 0.00000507. The van der Waals surface area contributed by atoms with Crippen LogP contribution in [0.3, 0.4) is 0 Å². The zero-order chi connectivity index (χ0) is 26.1. The van der Waals surface area contributed by atoms with Crippen molar-refractivity contribution in [1.29, 1.82) is 0 Å². The first-order chi connectivity index (χ1) is 18.2. The molecule has 0 unspecified atom stereocenters. The second-order valence-electron chi connectivity index (χ2n) is 9.94. The zero-order valence-corrected chi connectivity index (χ0v) is 25.6. The first-order valence-electron chi connectivity index (χ1n) is 14.2. The van der Waals surface area contributed by atoms with Crippen LogP contribution in [0.25, 0.3) is 0 Å². The highest BCUT2D eigenvalue weighted by molar-refractivity contribution is 7.09. The van der Waals surface area contributed by atoms with E-state index in [-0.39, 0.29) is 22.9 Å². The predicted octanol–water partition coefficient (Wildman–Crippen LogP) is 5.73. The van der Waals surface area contributed by atoms with Gasteiger partial charge in [0.1, 0.15) is 5.75 Å². The van der Waals surface area contributed by atoms with Crippen molar-refractivity contribution in [2.24, 2.45) is 0 Å². The number of rotatable bonds is 18. The number of nitrogens with one attached hydrogen (secondary N) is 1. The number of amides is 1. The molecule has 0 radical (unpaired) electrons. The monoisotopic (exact) mass is 600 g/mol. The minimum atomic E-state index is -0.137. The molecule has 6 heteroatoms. The third-order valence-electron chi connectivity index (χ3n) is 6.81. The van der Waals surface area contributed by atoms with Gasteiger partial charge in [-0.05, 0) is 30.7 Å². The molecule has 0 saturated heterocycles. The minimum Gasteiger partial charge on any atom is -1.00 e. The maximum atomic E-state index is 13.1. The summed E-state index contributed by atoms with van der Waals surface area (Å²) in [7, 11) is 0. The van der Waals surface area contributed by atoms with Crippen molar-refractivity contribution < 1.29 is 31.1 Å². The van der Waals surface area contributed by atoms with Gasteiger partial charge in [0.2, 0.25) is 5.01 Å². The van der Waals surface area contributed by atoms with E-state index in [1.165, 1.54) is 75.6 Å². The van der Waals surface area contributed by atoms with Crippen LogP contribution in [0.2, 0.25) is 0 Å². The number of hydrogen-bond acceptors (Lipinski definition) is 3. The third-order valence-corrected chi connectivity index (χ3v) is 7.64. The van der Waals surface area contributed by atoms with Gasteiger partial charge in [0.05, 0.1) is 17.6 Å². The first kappa shape index (κ1) is 32.0. The van der Waals surface area contributed by atoms with Crippen molar-refractivity contribution in [3.05, 3.63) is 76.2 Å². The van der Waals surface area contributed by atoms with Gasteiger partial charge in [-0.3, -0.25) is 4.79 Å². The highest BCUT2D eigenvalue weighted by Gasteiger charge is 2.14. The Morgan fingerprint density at radius 3 is 2.18 bits per heavy atom. The third kappa shape index (κ3) is 11.7. The molecule has 0 fully saturated rings. The Bertz CT molecular complexity index is 1070. The van der Waals surface area contributed by atoms with E-state index in [1.807, 2.05) is 42.5 Å². The number of thiazole rings is 1. The van der Waals surface area contributed by atoms with Crippen molar-refractivity contribution in [2.75, 3.05) is 11.9 Å². The minimum absolute atomic E-state index is 0. The van der Waals surface area contributed by atoms with Crippen LogP contribution in [0.1, 0.15) is 105 Å². The number of hydrogen-bond donors (Lipinski definition) is 1. The van der Waals surface area contributed by atoms with E-state index < -0.39 is 0 Å². The van der Waals surface area contributed by atoms with Gasteiger partial charge in [-0.2, -0.15) is 4.57 Å². The van der Waals surface area contributed by atoms with Gasteiger partial charge in [-0.15, -0.1) is 0 Å². The largest absolute Gasteiger partial charge is 1.00 e. The second kappa shape index (κ2) is 19.0. The number of ether oxygens (including phenoxy) is 1. The van der Waals surface area contributed by atoms with Gasteiger partial charge >= 0.3 is 0 Å². The van der Waals surface area contributed by atoms with Crippen LogP contribution in [-0.2, 0) is 6.54 Å². The summed E-state index contributed by atoms with van der Waals surface area (Å²) in [5, 5.41) is 6.41. The van der Waals surface area contributed by atoms with Gasteiger partial charge < -0.3 is 27.0 Å². The number of para-hydroxylation sites is 1. The Hall–Kier alpha value is -2.18. The van der Waals surface area contributed by atoms with Crippen LogP contribution in [0.15, 0.2) is 60.1 Å². The number of unbranched alkanes of at least 4 members (excludes halogenated alkanes) is 11. The number of nitrogens with zero attached hydrogens (tertiary/aromatic N) is 1. The Morgan fingerprint density at radius 1 is 0.868 bits per heavy atom. The van der Waals surface area contributed by atoms with E-state index in [0.29, 0.717) is 17.9 Å². The van der Waals surface area contributed by atoms with Crippen molar-refractivity contribution in [2.45, 2.75) is 97.4 Å². The Kier molecular flexibility index (Phi) is 16.0. The van der Waals surface area contributed by atoms with E-state index in [2.05, 4.69) is 41.4 Å². The summed E-state index contributed by atoms with van der Waals surface area (Å²) in [6.07, 6.45) is 17.9. The molecule has 0 bridgehead atoms. The standard InChI is InChI=1S/C32H44N2O2S.BrH/c1-3-4-5-6-7-8-9-10-11-12-13-16-23-36-31-21-15-14-20-30(31)32(35)33-29-19-17-18-28(25-29)26-34-22-24-37-27(34)2;/h14-15,17-22,24-25H,3-13,16,23,26H2,1-2H3;1H. The average molecular weight is 602 g/mol. The van der Waals surface area contributed by atoms with E-state index in [9.17, 15) is 4.79 Å². The number of anilines is 1. The number of carbonyl (C=O) groups is 1. The summed E-state index contributed by atoms with van der Waals surface area (Å²) in [6.45, 7) is 5.83. The molecule has 38 heavy (non-hydrogen) atoms. The molecule has 0 atom stereocenters. The Morgan fingerprint density at radius 2 is 1.53 bits per heavy atom. The van der Waals surface area contributed by atoms with Crippen LogP contribution >= 0.6 is 11.3 Å². The summed E-state index contributed by atoms with van der Waals surface area (Å²) in [5.41, 5.74) is 2.53. The lowest BCUT2D eigenvalue weighted by atomic mass is 10.1. The van der Waals surface area contributed by atoms with Gasteiger partial charge in [0.15, 0.2) is 12.7 Å². The van der Waals surface area contributed by atoms with E-state index in [0.717, 1.165) is 24.2 Å². The van der Waals surface area contributed by atoms with E-state index >= 15 is 0 Å². The lowest BCUT2D eigenvalue weighted by molar-refractivity contribution is -0.689. The summed E-state index contributed by atoms with van der Waals surface area (Å²) >= 11 is 1.73. The molecule has 4 nitrogen and oxygen atoms in total. The molecular weight excluding hydrogens is 556 g/mol. The highest BCUT2D eigenvalue weighted by atomic mass is 79.9. The zero-order valence-electron chi connectivity index (χ0n) is 23.2. The molecule has 0 spiro atoms. The lowest BCUT2D eigenvalue weighted by Gasteiger charge is -2.12. The van der Waals surface area contributed by atoms with Crippen molar-refractivity contribution in [3.63, 3.8) is 0 Å². The fourth-order valence-electron chi connectivity index (χ4n) is 4.59. The van der Waals surface area contributed by atoms with Gasteiger partial charge in [0, 0.05) is 18.2 Å². The van der Waals surface area contributed by atoms with E-state index in [4.69, 9.17) is 4.74 Å². The summed E-state index contributed by atoms with van der Waals surface area (Å²) < 4.78 is 8.24. The Labute approximate surface area is 244 Å². The maximum Gasteiger partial charge on any atom is 0.259 e. The SMILES string of the molecule is CCCCCCCCCCCCCCOc1ccccc1C(=O)Nc1cccc(C[n+]2ccsc2C)c1.[Br-]. The molecule has 208 valence electrons. The van der Waals surface area contributed by atoms with Gasteiger partial charge in [0.25, 0.3) is 5.91 Å². The molecule has 1 aromatic heterocycles. The molecule has 3 rings (SSSR count).